The Bertz CT molecular complexity index is 321. The third kappa shape index (κ3) is 4.28. The van der Waals surface area contributed by atoms with Gasteiger partial charge >= 0.3 is 0 Å². The quantitative estimate of drug-likeness (QED) is 0.768. The molecular weight excluding hydrogens is 246 g/mol. The molecule has 5 nitrogen and oxygen atoms in total. The molecule has 0 bridgehead atoms. The lowest BCUT2D eigenvalue weighted by molar-refractivity contribution is -0.142. The van der Waals surface area contributed by atoms with Crippen LogP contribution < -0.4 is 0 Å². The lowest BCUT2D eigenvalue weighted by Gasteiger charge is -2.30. The molecule has 1 aliphatic heterocycles. The number of hydrogen-bond donors (Lipinski definition) is 0. The zero-order chi connectivity index (χ0) is 13.7. The van der Waals surface area contributed by atoms with E-state index in [1.165, 1.54) is 0 Å². The van der Waals surface area contributed by atoms with Gasteiger partial charge in [0.15, 0.2) is 0 Å². The fourth-order valence-electron chi connectivity index (χ4n) is 2.75. The number of rotatable bonds is 4. The van der Waals surface area contributed by atoms with Gasteiger partial charge in [0, 0.05) is 33.0 Å². The lowest BCUT2D eigenvalue weighted by Crippen LogP contribution is -2.41. The Labute approximate surface area is 114 Å². The zero-order valence-corrected chi connectivity index (χ0v) is 11.6. The number of hydrogen-bond acceptors (Lipinski definition) is 4. The number of nitrogens with zero attached hydrogens (tertiary/aromatic N) is 1. The van der Waals surface area contributed by atoms with Crippen molar-refractivity contribution in [2.75, 3.05) is 26.8 Å². The van der Waals surface area contributed by atoms with Crippen LogP contribution in [-0.4, -0.2) is 55.6 Å². The average molecular weight is 269 g/mol. The van der Waals surface area contributed by atoms with Crippen LogP contribution in [0.4, 0.5) is 0 Å². The molecule has 2 rings (SSSR count). The van der Waals surface area contributed by atoms with E-state index in [1.54, 1.807) is 12.0 Å². The summed E-state index contributed by atoms with van der Waals surface area (Å²) in [5.74, 6) is 0.257. The number of methoxy groups -OCH3 is 1. The van der Waals surface area contributed by atoms with Crippen molar-refractivity contribution in [3.8, 4) is 0 Å². The number of ether oxygens (including phenoxy) is 2. The summed E-state index contributed by atoms with van der Waals surface area (Å²) in [6, 6.07) is 0. The van der Waals surface area contributed by atoms with E-state index in [0.717, 1.165) is 25.7 Å². The number of carbonyl (C=O) groups is 2. The van der Waals surface area contributed by atoms with Crippen molar-refractivity contribution in [3.05, 3.63) is 0 Å². The van der Waals surface area contributed by atoms with Crippen molar-refractivity contribution >= 4 is 11.7 Å². The average Bonchev–Trinajstić information content (AvgIpc) is 2.46. The van der Waals surface area contributed by atoms with Gasteiger partial charge < -0.3 is 14.4 Å². The zero-order valence-electron chi connectivity index (χ0n) is 11.6. The van der Waals surface area contributed by atoms with Gasteiger partial charge in [-0.1, -0.05) is 0 Å². The predicted octanol–water partition coefficient (Wildman–Crippen LogP) is 1.15. The molecule has 0 spiro atoms. The van der Waals surface area contributed by atoms with Gasteiger partial charge in [-0.05, 0) is 25.7 Å². The Hall–Kier alpha value is -0.940. The van der Waals surface area contributed by atoms with Gasteiger partial charge in [-0.2, -0.15) is 0 Å². The summed E-state index contributed by atoms with van der Waals surface area (Å²) in [4.78, 5) is 24.8. The highest BCUT2D eigenvalue weighted by molar-refractivity contribution is 5.83. The normalized spacial score (nSPS) is 28.5. The maximum Gasteiger partial charge on any atom is 0.248 e. The highest BCUT2D eigenvalue weighted by Gasteiger charge is 2.25. The van der Waals surface area contributed by atoms with Gasteiger partial charge in [0.05, 0.1) is 12.2 Å². The summed E-state index contributed by atoms with van der Waals surface area (Å²) in [6.07, 6.45) is 5.43. The van der Waals surface area contributed by atoms with Crippen LogP contribution in [0.25, 0.3) is 0 Å². The Morgan fingerprint density at radius 1 is 1.26 bits per heavy atom. The first kappa shape index (κ1) is 14.5. The molecule has 1 saturated carbocycles. The first-order valence-electron chi connectivity index (χ1n) is 7.13. The highest BCUT2D eigenvalue weighted by Crippen LogP contribution is 2.23. The first-order chi connectivity index (χ1) is 9.19. The molecule has 0 aromatic rings. The van der Waals surface area contributed by atoms with Crippen LogP contribution in [0.2, 0.25) is 0 Å². The van der Waals surface area contributed by atoms with Gasteiger partial charge in [0.1, 0.15) is 12.4 Å². The maximum atomic E-state index is 12.0. The Morgan fingerprint density at radius 2 is 1.95 bits per heavy atom. The Kier molecular flexibility index (Phi) is 5.34. The Morgan fingerprint density at radius 3 is 2.63 bits per heavy atom. The maximum absolute atomic E-state index is 12.0. The van der Waals surface area contributed by atoms with Crippen LogP contribution in [0.1, 0.15) is 38.5 Å². The molecule has 1 heterocycles. The first-order valence-corrected chi connectivity index (χ1v) is 7.13. The summed E-state index contributed by atoms with van der Waals surface area (Å²) in [5, 5.41) is 0. The molecule has 2 fully saturated rings. The Balaban J connectivity index is 1.69. The van der Waals surface area contributed by atoms with Crippen LogP contribution in [0.5, 0.6) is 0 Å². The van der Waals surface area contributed by atoms with Gasteiger partial charge in [0.25, 0.3) is 0 Å². The fourth-order valence-corrected chi connectivity index (χ4v) is 2.75. The lowest BCUT2D eigenvalue weighted by atomic mass is 9.95. The second-order valence-electron chi connectivity index (χ2n) is 5.38. The number of carbonyl (C=O) groups excluding carboxylic acids is 2. The molecule has 1 aliphatic carbocycles. The fraction of sp³-hybridized carbons (Fsp3) is 0.857. The molecule has 19 heavy (non-hydrogen) atoms. The van der Waals surface area contributed by atoms with Gasteiger partial charge in [-0.15, -0.1) is 0 Å². The van der Waals surface area contributed by atoms with Gasteiger partial charge in [-0.3, -0.25) is 9.59 Å². The molecule has 0 N–H and O–H groups in total. The molecule has 1 amide bonds. The molecule has 1 saturated heterocycles. The summed E-state index contributed by atoms with van der Waals surface area (Å²) < 4.78 is 11.0. The van der Waals surface area contributed by atoms with E-state index in [0.29, 0.717) is 25.9 Å². The number of piperidine rings is 1. The van der Waals surface area contributed by atoms with E-state index in [9.17, 15) is 9.59 Å². The van der Waals surface area contributed by atoms with Crippen molar-refractivity contribution in [1.29, 1.82) is 0 Å². The molecule has 2 atom stereocenters. The molecule has 0 aromatic heterocycles. The minimum Gasteiger partial charge on any atom is -0.381 e. The minimum absolute atomic E-state index is 0.00652. The van der Waals surface area contributed by atoms with Crippen molar-refractivity contribution in [2.24, 2.45) is 0 Å². The van der Waals surface area contributed by atoms with Crippen molar-refractivity contribution in [1.82, 2.24) is 4.90 Å². The van der Waals surface area contributed by atoms with Gasteiger partial charge in [0.2, 0.25) is 5.91 Å². The molecule has 0 aromatic carbocycles. The monoisotopic (exact) mass is 269 g/mol. The SMILES string of the molecule is COC1CCCC(OCC(=O)N2CCC(=O)CC2)C1. The van der Waals surface area contributed by atoms with E-state index in [4.69, 9.17) is 9.47 Å². The second kappa shape index (κ2) is 7.01. The standard InChI is InChI=1S/C14H23NO4/c1-18-12-3-2-4-13(9-12)19-10-14(17)15-7-5-11(16)6-8-15/h12-13H,2-10H2,1H3. The van der Waals surface area contributed by atoms with E-state index >= 15 is 0 Å². The van der Waals surface area contributed by atoms with Crippen molar-refractivity contribution in [2.45, 2.75) is 50.7 Å². The van der Waals surface area contributed by atoms with Crippen LogP contribution in [0.3, 0.4) is 0 Å². The minimum atomic E-state index is 0.00652. The van der Waals surface area contributed by atoms with Crippen LogP contribution >= 0.6 is 0 Å². The third-order valence-corrected chi connectivity index (χ3v) is 4.03. The smallest absolute Gasteiger partial charge is 0.248 e. The predicted molar refractivity (Wildman–Crippen MR) is 69.8 cm³/mol. The number of Topliss-reactive ketones (excluding diaryl/α,β-unsaturated/α-hetero) is 1. The van der Waals surface area contributed by atoms with Crippen LogP contribution in [-0.2, 0) is 19.1 Å². The highest BCUT2D eigenvalue weighted by atomic mass is 16.5. The van der Waals surface area contributed by atoms with Crippen molar-refractivity contribution < 1.29 is 19.1 Å². The summed E-state index contributed by atoms with van der Waals surface area (Å²) in [6.45, 7) is 1.23. The largest absolute Gasteiger partial charge is 0.381 e. The topological polar surface area (TPSA) is 55.8 Å². The molecule has 108 valence electrons. The molecule has 5 heteroatoms. The van der Waals surface area contributed by atoms with Crippen LogP contribution in [0.15, 0.2) is 0 Å². The molecule has 2 unspecified atom stereocenters. The van der Waals surface area contributed by atoms with E-state index in [2.05, 4.69) is 0 Å². The number of likely N-dealkylation sites (tertiary alicyclic amines) is 1. The third-order valence-electron chi connectivity index (χ3n) is 4.03. The number of amides is 1. The second-order valence-corrected chi connectivity index (χ2v) is 5.38. The molecule has 2 aliphatic rings. The molecule has 0 radical (unpaired) electrons. The summed E-state index contributed by atoms with van der Waals surface area (Å²) in [7, 11) is 1.73. The van der Waals surface area contributed by atoms with E-state index in [1.807, 2.05) is 0 Å². The number of ketones is 1. The van der Waals surface area contributed by atoms with E-state index in [-0.39, 0.29) is 30.5 Å². The van der Waals surface area contributed by atoms with Crippen molar-refractivity contribution in [3.63, 3.8) is 0 Å². The summed E-state index contributed by atoms with van der Waals surface area (Å²) in [5.41, 5.74) is 0. The van der Waals surface area contributed by atoms with Gasteiger partial charge in [-0.25, -0.2) is 0 Å². The van der Waals surface area contributed by atoms with E-state index < -0.39 is 0 Å². The summed E-state index contributed by atoms with van der Waals surface area (Å²) >= 11 is 0. The van der Waals surface area contributed by atoms with Crippen LogP contribution in [0, 0.1) is 0 Å². The molecular formula is C14H23NO4.